The highest BCUT2D eigenvalue weighted by Crippen LogP contribution is 2.47. The SMILES string of the molecule is CC(C)(C)C(C)(O)C1CCOC2(CCSC2)C1. The van der Waals surface area contributed by atoms with Crippen LogP contribution in [-0.4, -0.2) is 34.4 Å². The van der Waals surface area contributed by atoms with Crippen LogP contribution in [0.2, 0.25) is 0 Å². The maximum atomic E-state index is 10.9. The summed E-state index contributed by atoms with van der Waals surface area (Å²) in [5.41, 5.74) is -0.595. The summed E-state index contributed by atoms with van der Waals surface area (Å²) in [5.74, 6) is 2.70. The van der Waals surface area contributed by atoms with Gasteiger partial charge in [-0.05, 0) is 43.3 Å². The van der Waals surface area contributed by atoms with Crippen LogP contribution in [0.1, 0.15) is 47.0 Å². The molecule has 3 atom stereocenters. The number of thioether (sulfide) groups is 1. The summed E-state index contributed by atoms with van der Waals surface area (Å²) in [6.45, 7) is 9.24. The highest BCUT2D eigenvalue weighted by atomic mass is 32.2. The van der Waals surface area contributed by atoms with Crippen LogP contribution in [0.25, 0.3) is 0 Å². The molecule has 2 heterocycles. The first kappa shape index (κ1) is 13.7. The Morgan fingerprint density at radius 3 is 2.53 bits per heavy atom. The van der Waals surface area contributed by atoms with Gasteiger partial charge in [-0.3, -0.25) is 0 Å². The molecule has 2 nitrogen and oxygen atoms in total. The predicted molar refractivity (Wildman–Crippen MR) is 73.4 cm³/mol. The van der Waals surface area contributed by atoms with Crippen molar-refractivity contribution in [2.24, 2.45) is 11.3 Å². The van der Waals surface area contributed by atoms with Gasteiger partial charge in [-0.1, -0.05) is 20.8 Å². The van der Waals surface area contributed by atoms with Crippen LogP contribution in [0.15, 0.2) is 0 Å². The smallest absolute Gasteiger partial charge is 0.0784 e. The first-order valence-electron chi connectivity index (χ1n) is 6.71. The van der Waals surface area contributed by atoms with Crippen molar-refractivity contribution in [1.29, 1.82) is 0 Å². The average molecular weight is 258 g/mol. The normalized spacial score (nSPS) is 38.3. The summed E-state index contributed by atoms with van der Waals surface area (Å²) in [6.07, 6.45) is 3.19. The lowest BCUT2D eigenvalue weighted by atomic mass is 9.65. The molecule has 2 aliphatic heterocycles. The van der Waals surface area contributed by atoms with Crippen molar-refractivity contribution in [3.8, 4) is 0 Å². The molecule has 0 bridgehead atoms. The number of rotatable bonds is 1. The molecular weight excluding hydrogens is 232 g/mol. The second-order valence-corrected chi connectivity index (χ2v) is 8.03. The van der Waals surface area contributed by atoms with E-state index in [1.54, 1.807) is 0 Å². The number of hydrogen-bond donors (Lipinski definition) is 1. The Hall–Kier alpha value is 0.270. The first-order valence-corrected chi connectivity index (χ1v) is 7.86. The summed E-state index contributed by atoms with van der Waals surface area (Å²) in [6, 6.07) is 0. The van der Waals surface area contributed by atoms with E-state index in [1.165, 1.54) is 5.75 Å². The van der Waals surface area contributed by atoms with Crippen molar-refractivity contribution >= 4 is 11.8 Å². The van der Waals surface area contributed by atoms with Gasteiger partial charge in [0.15, 0.2) is 0 Å². The minimum atomic E-state index is -0.600. The van der Waals surface area contributed by atoms with E-state index >= 15 is 0 Å². The van der Waals surface area contributed by atoms with Crippen LogP contribution in [-0.2, 0) is 4.74 Å². The monoisotopic (exact) mass is 258 g/mol. The standard InChI is InChI=1S/C14H26O2S/c1-12(2,3)13(4,15)11-5-7-16-14(9-11)6-8-17-10-14/h11,15H,5-10H2,1-4H3. The molecule has 0 aromatic rings. The Bertz CT molecular complexity index is 274. The molecule has 2 aliphatic rings. The maximum Gasteiger partial charge on any atom is 0.0784 e. The van der Waals surface area contributed by atoms with Crippen LogP contribution in [0.4, 0.5) is 0 Å². The third kappa shape index (κ3) is 2.52. The van der Waals surface area contributed by atoms with Gasteiger partial charge in [0.05, 0.1) is 11.2 Å². The highest BCUT2D eigenvalue weighted by molar-refractivity contribution is 7.99. The molecule has 17 heavy (non-hydrogen) atoms. The lowest BCUT2D eigenvalue weighted by Crippen LogP contribution is -2.53. The summed E-state index contributed by atoms with van der Waals surface area (Å²) in [5, 5.41) is 10.9. The molecule has 0 aromatic carbocycles. The van der Waals surface area contributed by atoms with Crippen molar-refractivity contribution < 1.29 is 9.84 Å². The topological polar surface area (TPSA) is 29.5 Å². The molecule has 0 aliphatic carbocycles. The zero-order chi connectivity index (χ0) is 12.7. The van der Waals surface area contributed by atoms with Gasteiger partial charge in [0.2, 0.25) is 0 Å². The third-order valence-electron chi connectivity index (χ3n) is 4.87. The van der Waals surface area contributed by atoms with Gasteiger partial charge >= 0.3 is 0 Å². The van der Waals surface area contributed by atoms with Crippen LogP contribution >= 0.6 is 11.8 Å². The Balaban J connectivity index is 2.12. The Kier molecular flexibility index (Phi) is 3.57. The molecule has 1 spiro atoms. The lowest BCUT2D eigenvalue weighted by molar-refractivity contribution is -0.159. The zero-order valence-corrected chi connectivity index (χ0v) is 12.4. The van der Waals surface area contributed by atoms with Crippen LogP contribution < -0.4 is 0 Å². The van der Waals surface area contributed by atoms with Crippen molar-refractivity contribution in [3.63, 3.8) is 0 Å². The fourth-order valence-electron chi connectivity index (χ4n) is 2.98. The molecule has 100 valence electrons. The summed E-state index contributed by atoms with van der Waals surface area (Å²) >= 11 is 1.99. The highest BCUT2D eigenvalue weighted by Gasteiger charge is 2.49. The van der Waals surface area contributed by atoms with E-state index in [0.717, 1.165) is 31.6 Å². The minimum Gasteiger partial charge on any atom is -0.389 e. The molecule has 3 heteroatoms. The van der Waals surface area contributed by atoms with Gasteiger partial charge in [-0.25, -0.2) is 0 Å². The van der Waals surface area contributed by atoms with Gasteiger partial charge in [-0.2, -0.15) is 11.8 Å². The Morgan fingerprint density at radius 2 is 2.00 bits per heavy atom. The number of ether oxygens (including phenoxy) is 1. The number of aliphatic hydroxyl groups is 1. The summed E-state index contributed by atoms with van der Waals surface area (Å²) in [4.78, 5) is 0. The summed E-state index contributed by atoms with van der Waals surface area (Å²) in [7, 11) is 0. The van der Waals surface area contributed by atoms with E-state index in [4.69, 9.17) is 4.74 Å². The summed E-state index contributed by atoms with van der Waals surface area (Å²) < 4.78 is 6.03. The van der Waals surface area contributed by atoms with Crippen molar-refractivity contribution in [3.05, 3.63) is 0 Å². The van der Waals surface area contributed by atoms with Gasteiger partial charge in [0.1, 0.15) is 0 Å². The fraction of sp³-hybridized carbons (Fsp3) is 1.00. The Morgan fingerprint density at radius 1 is 1.29 bits per heavy atom. The molecule has 2 fully saturated rings. The predicted octanol–water partition coefficient (Wildman–Crippen LogP) is 3.09. The van der Waals surface area contributed by atoms with E-state index < -0.39 is 5.60 Å². The van der Waals surface area contributed by atoms with E-state index in [1.807, 2.05) is 18.7 Å². The Labute approximate surface area is 110 Å². The second kappa shape index (κ2) is 4.43. The van der Waals surface area contributed by atoms with E-state index in [2.05, 4.69) is 20.8 Å². The van der Waals surface area contributed by atoms with Crippen LogP contribution in [0.3, 0.4) is 0 Å². The van der Waals surface area contributed by atoms with Gasteiger partial charge in [0.25, 0.3) is 0 Å². The lowest BCUT2D eigenvalue weighted by Gasteiger charge is -2.49. The van der Waals surface area contributed by atoms with Crippen LogP contribution in [0.5, 0.6) is 0 Å². The first-order chi connectivity index (χ1) is 7.77. The largest absolute Gasteiger partial charge is 0.389 e. The number of hydrogen-bond acceptors (Lipinski definition) is 3. The molecule has 2 rings (SSSR count). The van der Waals surface area contributed by atoms with E-state index in [-0.39, 0.29) is 11.0 Å². The minimum absolute atomic E-state index is 0.0675. The van der Waals surface area contributed by atoms with Crippen molar-refractivity contribution in [2.75, 3.05) is 18.1 Å². The van der Waals surface area contributed by atoms with Gasteiger partial charge < -0.3 is 9.84 Å². The maximum absolute atomic E-state index is 10.9. The molecular formula is C14H26O2S. The van der Waals surface area contributed by atoms with Gasteiger partial charge in [0, 0.05) is 12.4 Å². The fourth-order valence-corrected chi connectivity index (χ4v) is 4.36. The molecule has 0 radical (unpaired) electrons. The average Bonchev–Trinajstić information content (AvgIpc) is 2.65. The molecule has 3 unspecified atom stereocenters. The van der Waals surface area contributed by atoms with Gasteiger partial charge in [-0.15, -0.1) is 0 Å². The third-order valence-corrected chi connectivity index (χ3v) is 6.10. The van der Waals surface area contributed by atoms with E-state index in [9.17, 15) is 5.11 Å². The zero-order valence-electron chi connectivity index (χ0n) is 11.6. The van der Waals surface area contributed by atoms with Crippen molar-refractivity contribution in [1.82, 2.24) is 0 Å². The quantitative estimate of drug-likeness (QED) is 0.784. The molecule has 0 amide bonds. The molecule has 0 aromatic heterocycles. The second-order valence-electron chi connectivity index (χ2n) is 6.92. The molecule has 0 saturated carbocycles. The molecule has 1 N–H and O–H groups in total. The van der Waals surface area contributed by atoms with Crippen molar-refractivity contribution in [2.45, 2.75) is 58.2 Å². The molecule has 2 saturated heterocycles. The van der Waals surface area contributed by atoms with Crippen LogP contribution in [0, 0.1) is 11.3 Å². The van der Waals surface area contributed by atoms with E-state index in [0.29, 0.717) is 5.92 Å².